The first-order chi connectivity index (χ1) is 9.66. The molecule has 1 heteroatoms. The van der Waals surface area contributed by atoms with Gasteiger partial charge in [-0.25, -0.2) is 0 Å². The standard InChI is InChI=1S/C20H26O/c1-19(2,3)15-9-7-11-17(13-15)21-18-12-8-10-16(14-18)20(4,5)6/h7-14H,1-6H3. The van der Waals surface area contributed by atoms with Crippen molar-refractivity contribution in [1.82, 2.24) is 0 Å². The van der Waals surface area contributed by atoms with E-state index in [1.165, 1.54) is 11.1 Å². The molecule has 0 atom stereocenters. The molecule has 0 amide bonds. The van der Waals surface area contributed by atoms with Crippen molar-refractivity contribution in [2.24, 2.45) is 0 Å². The second-order valence-electron chi connectivity index (χ2n) is 7.66. The van der Waals surface area contributed by atoms with Crippen LogP contribution < -0.4 is 4.74 Å². The highest BCUT2D eigenvalue weighted by molar-refractivity contribution is 5.39. The highest BCUT2D eigenvalue weighted by atomic mass is 16.5. The van der Waals surface area contributed by atoms with Crippen LogP contribution in [-0.2, 0) is 10.8 Å². The van der Waals surface area contributed by atoms with E-state index < -0.39 is 0 Å². The maximum absolute atomic E-state index is 6.05. The molecule has 0 aliphatic carbocycles. The van der Waals surface area contributed by atoms with Crippen LogP contribution in [0.25, 0.3) is 0 Å². The van der Waals surface area contributed by atoms with E-state index in [1.807, 2.05) is 12.1 Å². The summed E-state index contributed by atoms with van der Waals surface area (Å²) in [5.74, 6) is 1.79. The van der Waals surface area contributed by atoms with Gasteiger partial charge in [0, 0.05) is 0 Å². The minimum Gasteiger partial charge on any atom is -0.457 e. The van der Waals surface area contributed by atoms with Gasteiger partial charge < -0.3 is 4.74 Å². The van der Waals surface area contributed by atoms with Crippen LogP contribution in [0, 0.1) is 0 Å². The summed E-state index contributed by atoms with van der Waals surface area (Å²) < 4.78 is 6.05. The second-order valence-corrected chi connectivity index (χ2v) is 7.66. The van der Waals surface area contributed by atoms with Crippen LogP contribution in [0.3, 0.4) is 0 Å². The zero-order chi connectivity index (χ0) is 15.7. The van der Waals surface area contributed by atoms with Gasteiger partial charge in [0.05, 0.1) is 0 Å². The first kappa shape index (κ1) is 15.6. The predicted octanol–water partition coefficient (Wildman–Crippen LogP) is 6.07. The van der Waals surface area contributed by atoms with Gasteiger partial charge in [-0.1, -0.05) is 65.8 Å². The Morgan fingerprint density at radius 2 is 1.00 bits per heavy atom. The van der Waals surface area contributed by atoms with Gasteiger partial charge in [-0.05, 0) is 46.2 Å². The number of rotatable bonds is 2. The van der Waals surface area contributed by atoms with Gasteiger partial charge in [0.15, 0.2) is 0 Å². The second kappa shape index (κ2) is 5.55. The van der Waals surface area contributed by atoms with E-state index >= 15 is 0 Å². The summed E-state index contributed by atoms with van der Waals surface area (Å²) in [6.07, 6.45) is 0. The molecule has 2 aromatic rings. The Balaban J connectivity index is 2.27. The van der Waals surface area contributed by atoms with Gasteiger partial charge in [0.25, 0.3) is 0 Å². The molecule has 0 radical (unpaired) electrons. The molecule has 0 spiro atoms. The summed E-state index contributed by atoms with van der Waals surface area (Å²) in [7, 11) is 0. The van der Waals surface area contributed by atoms with Crippen molar-refractivity contribution >= 4 is 0 Å². The molecule has 0 aromatic heterocycles. The van der Waals surface area contributed by atoms with E-state index in [2.05, 4.69) is 77.9 Å². The summed E-state index contributed by atoms with van der Waals surface area (Å²) in [5, 5.41) is 0. The normalized spacial score (nSPS) is 12.3. The summed E-state index contributed by atoms with van der Waals surface area (Å²) >= 11 is 0. The smallest absolute Gasteiger partial charge is 0.127 e. The lowest BCUT2D eigenvalue weighted by molar-refractivity contribution is 0.475. The van der Waals surface area contributed by atoms with E-state index in [-0.39, 0.29) is 10.8 Å². The Kier molecular flexibility index (Phi) is 4.13. The molecule has 0 unspecified atom stereocenters. The number of ether oxygens (including phenoxy) is 1. The van der Waals surface area contributed by atoms with Crippen molar-refractivity contribution in [2.45, 2.75) is 52.4 Å². The molecular weight excluding hydrogens is 256 g/mol. The third-order valence-electron chi connectivity index (χ3n) is 3.64. The fourth-order valence-electron chi connectivity index (χ4n) is 2.19. The van der Waals surface area contributed by atoms with Crippen molar-refractivity contribution in [2.75, 3.05) is 0 Å². The molecule has 0 aliphatic heterocycles. The van der Waals surface area contributed by atoms with Crippen molar-refractivity contribution in [1.29, 1.82) is 0 Å². The third-order valence-corrected chi connectivity index (χ3v) is 3.64. The summed E-state index contributed by atoms with van der Waals surface area (Å²) in [5.41, 5.74) is 2.83. The molecule has 0 fully saturated rings. The number of benzene rings is 2. The van der Waals surface area contributed by atoms with E-state index in [0.29, 0.717) is 0 Å². The summed E-state index contributed by atoms with van der Waals surface area (Å²) in [6, 6.07) is 16.7. The lowest BCUT2D eigenvalue weighted by atomic mass is 9.87. The van der Waals surface area contributed by atoms with Crippen LogP contribution in [0.1, 0.15) is 52.7 Å². The van der Waals surface area contributed by atoms with E-state index in [9.17, 15) is 0 Å². The van der Waals surface area contributed by atoms with E-state index in [4.69, 9.17) is 4.74 Å². The van der Waals surface area contributed by atoms with Gasteiger partial charge in [-0.15, -0.1) is 0 Å². The highest BCUT2D eigenvalue weighted by Crippen LogP contribution is 2.30. The summed E-state index contributed by atoms with van der Waals surface area (Å²) in [6.45, 7) is 13.3. The monoisotopic (exact) mass is 282 g/mol. The Hall–Kier alpha value is -1.76. The van der Waals surface area contributed by atoms with E-state index in [0.717, 1.165) is 11.5 Å². The first-order valence-corrected chi connectivity index (χ1v) is 7.55. The molecule has 1 nitrogen and oxygen atoms in total. The predicted molar refractivity (Wildman–Crippen MR) is 90.4 cm³/mol. The Bertz CT molecular complexity index is 557. The zero-order valence-corrected chi connectivity index (χ0v) is 14.0. The molecule has 0 saturated heterocycles. The van der Waals surface area contributed by atoms with E-state index in [1.54, 1.807) is 0 Å². The summed E-state index contributed by atoms with van der Waals surface area (Å²) in [4.78, 5) is 0. The lowest BCUT2D eigenvalue weighted by Crippen LogP contribution is -2.11. The van der Waals surface area contributed by atoms with Gasteiger partial charge in [-0.2, -0.15) is 0 Å². The molecule has 2 rings (SSSR count). The van der Waals surface area contributed by atoms with Gasteiger partial charge in [-0.3, -0.25) is 0 Å². The first-order valence-electron chi connectivity index (χ1n) is 7.55. The van der Waals surface area contributed by atoms with Crippen molar-refractivity contribution in [3.05, 3.63) is 59.7 Å². The zero-order valence-electron chi connectivity index (χ0n) is 14.0. The van der Waals surface area contributed by atoms with Crippen LogP contribution in [0.4, 0.5) is 0 Å². The Morgan fingerprint density at radius 1 is 0.619 bits per heavy atom. The van der Waals surface area contributed by atoms with Gasteiger partial charge >= 0.3 is 0 Å². The maximum Gasteiger partial charge on any atom is 0.127 e. The molecule has 2 aromatic carbocycles. The lowest BCUT2D eigenvalue weighted by Gasteiger charge is -2.21. The number of hydrogen-bond acceptors (Lipinski definition) is 1. The molecule has 0 bridgehead atoms. The van der Waals surface area contributed by atoms with Crippen LogP contribution in [0.5, 0.6) is 11.5 Å². The van der Waals surface area contributed by atoms with Crippen LogP contribution >= 0.6 is 0 Å². The molecule has 0 N–H and O–H groups in total. The molecule has 0 aliphatic rings. The highest BCUT2D eigenvalue weighted by Gasteiger charge is 2.16. The minimum atomic E-state index is 0.132. The third kappa shape index (κ3) is 4.10. The van der Waals surface area contributed by atoms with Gasteiger partial charge in [0.1, 0.15) is 11.5 Å². The minimum absolute atomic E-state index is 0.132. The fourth-order valence-corrected chi connectivity index (χ4v) is 2.19. The Morgan fingerprint density at radius 3 is 1.33 bits per heavy atom. The SMILES string of the molecule is CC(C)(C)c1cccc(Oc2cccc(C(C)(C)C)c2)c1. The maximum atomic E-state index is 6.05. The topological polar surface area (TPSA) is 9.23 Å². The van der Waals surface area contributed by atoms with Crippen molar-refractivity contribution < 1.29 is 4.74 Å². The fraction of sp³-hybridized carbons (Fsp3) is 0.400. The average molecular weight is 282 g/mol. The van der Waals surface area contributed by atoms with Crippen LogP contribution in [-0.4, -0.2) is 0 Å². The number of hydrogen-bond donors (Lipinski definition) is 0. The largest absolute Gasteiger partial charge is 0.457 e. The molecular formula is C20H26O. The van der Waals surface area contributed by atoms with Gasteiger partial charge in [0.2, 0.25) is 0 Å². The molecule has 0 saturated carbocycles. The van der Waals surface area contributed by atoms with Crippen LogP contribution in [0.2, 0.25) is 0 Å². The Labute approximate surface area is 129 Å². The van der Waals surface area contributed by atoms with Crippen molar-refractivity contribution in [3.63, 3.8) is 0 Å². The molecule has 0 heterocycles. The quantitative estimate of drug-likeness (QED) is 0.649. The van der Waals surface area contributed by atoms with Crippen LogP contribution in [0.15, 0.2) is 48.5 Å². The van der Waals surface area contributed by atoms with Crippen molar-refractivity contribution in [3.8, 4) is 11.5 Å². The average Bonchev–Trinajstić information content (AvgIpc) is 2.37. The molecule has 21 heavy (non-hydrogen) atoms. The molecule has 112 valence electrons.